The number of rotatable bonds is 8. The Bertz CT molecular complexity index is 1000. The average molecular weight is 500 g/mol. The highest BCUT2D eigenvalue weighted by molar-refractivity contribution is 7.15. The molecule has 1 aliphatic carbocycles. The van der Waals surface area contributed by atoms with Crippen LogP contribution in [0.5, 0.6) is 0 Å². The molecular weight excluding hydrogens is 466 g/mol. The van der Waals surface area contributed by atoms with E-state index >= 15 is 0 Å². The largest absolute Gasteiger partial charge is 0.379 e. The van der Waals surface area contributed by atoms with Gasteiger partial charge in [-0.1, -0.05) is 42.7 Å². The Balaban J connectivity index is 1.11. The summed E-state index contributed by atoms with van der Waals surface area (Å²) in [5.74, 6) is -0.646. The summed E-state index contributed by atoms with van der Waals surface area (Å²) >= 11 is 1.33. The molecule has 2 amide bonds. The zero-order valence-corrected chi connectivity index (χ0v) is 20.8. The van der Waals surface area contributed by atoms with Crippen molar-refractivity contribution in [2.24, 2.45) is 5.92 Å². The molecule has 1 unspecified atom stereocenters. The van der Waals surface area contributed by atoms with E-state index in [2.05, 4.69) is 32.5 Å². The summed E-state index contributed by atoms with van der Waals surface area (Å²) in [7, 11) is 0. The van der Waals surface area contributed by atoms with Crippen LogP contribution in [0.4, 0.5) is 10.8 Å². The molecule has 0 radical (unpaired) electrons. The minimum atomic E-state index is -0.415. The molecule has 1 atom stereocenters. The Morgan fingerprint density at radius 3 is 2.66 bits per heavy atom. The molecule has 9 nitrogen and oxygen atoms in total. The van der Waals surface area contributed by atoms with Crippen LogP contribution in [0.25, 0.3) is 0 Å². The quantitative estimate of drug-likeness (QED) is 0.596. The topological polar surface area (TPSA) is 96.9 Å². The average Bonchev–Trinajstić information content (AvgIpc) is 3.51. The molecule has 188 valence electrons. The van der Waals surface area contributed by atoms with Crippen molar-refractivity contribution in [3.05, 3.63) is 34.8 Å². The summed E-state index contributed by atoms with van der Waals surface area (Å²) in [4.78, 5) is 29.6. The first-order valence-corrected chi connectivity index (χ1v) is 13.4. The zero-order valence-electron chi connectivity index (χ0n) is 20.0. The molecule has 0 spiro atoms. The van der Waals surface area contributed by atoms with Gasteiger partial charge in [0.05, 0.1) is 25.2 Å². The summed E-state index contributed by atoms with van der Waals surface area (Å²) in [6.45, 7) is 5.09. The molecule has 1 aromatic carbocycles. The van der Waals surface area contributed by atoms with E-state index < -0.39 is 5.92 Å². The van der Waals surface area contributed by atoms with Crippen molar-refractivity contribution in [2.45, 2.75) is 57.8 Å². The molecule has 1 saturated carbocycles. The molecule has 1 aromatic heterocycles. The van der Waals surface area contributed by atoms with Crippen molar-refractivity contribution in [3.63, 3.8) is 0 Å². The number of aromatic nitrogens is 2. The van der Waals surface area contributed by atoms with Crippen LogP contribution < -0.4 is 10.2 Å². The van der Waals surface area contributed by atoms with Gasteiger partial charge in [-0.25, -0.2) is 0 Å². The van der Waals surface area contributed by atoms with E-state index in [0.29, 0.717) is 24.4 Å². The number of morpholine rings is 1. The SMILES string of the molecule is O=C(Nc1nnc(COC2CCCCC2)s1)C1CC(=O)N(c2ccc(CN3CCOCC3)cc2)C1. The second kappa shape index (κ2) is 11.6. The van der Waals surface area contributed by atoms with Crippen molar-refractivity contribution >= 4 is 34.0 Å². The maximum Gasteiger partial charge on any atom is 0.231 e. The summed E-state index contributed by atoms with van der Waals surface area (Å²) in [6.07, 6.45) is 6.43. The molecule has 2 aliphatic heterocycles. The van der Waals surface area contributed by atoms with E-state index in [1.165, 1.54) is 36.2 Å². The summed E-state index contributed by atoms with van der Waals surface area (Å²) in [5, 5.41) is 12.3. The molecular formula is C25H33N5O4S. The smallest absolute Gasteiger partial charge is 0.231 e. The number of carbonyl (C=O) groups is 2. The van der Waals surface area contributed by atoms with Gasteiger partial charge < -0.3 is 19.7 Å². The Kier molecular flexibility index (Phi) is 8.02. The van der Waals surface area contributed by atoms with Crippen LogP contribution in [-0.4, -0.2) is 65.9 Å². The number of anilines is 2. The number of nitrogens with zero attached hydrogens (tertiary/aromatic N) is 4. The maximum absolute atomic E-state index is 12.8. The zero-order chi connectivity index (χ0) is 24.0. The molecule has 0 bridgehead atoms. The molecule has 3 heterocycles. The van der Waals surface area contributed by atoms with E-state index in [-0.39, 0.29) is 18.2 Å². The number of carbonyl (C=O) groups excluding carboxylic acids is 2. The van der Waals surface area contributed by atoms with Gasteiger partial charge in [-0.3, -0.25) is 14.5 Å². The number of amides is 2. The number of ether oxygens (including phenoxy) is 2. The van der Waals surface area contributed by atoms with Crippen LogP contribution in [0.1, 0.15) is 49.1 Å². The van der Waals surface area contributed by atoms with Gasteiger partial charge >= 0.3 is 0 Å². The normalized spacial score (nSPS) is 22.0. The lowest BCUT2D eigenvalue weighted by molar-refractivity contribution is -0.122. The predicted octanol–water partition coefficient (Wildman–Crippen LogP) is 3.21. The maximum atomic E-state index is 12.8. The van der Waals surface area contributed by atoms with Gasteiger partial charge in [0, 0.05) is 38.3 Å². The summed E-state index contributed by atoms with van der Waals surface area (Å²) < 4.78 is 11.4. The second-order valence-corrected chi connectivity index (χ2v) is 10.6. The molecule has 1 N–H and O–H groups in total. The van der Waals surface area contributed by atoms with Gasteiger partial charge in [-0.2, -0.15) is 0 Å². The molecule has 2 aromatic rings. The Hall–Kier alpha value is -2.40. The van der Waals surface area contributed by atoms with Crippen LogP contribution in [0, 0.1) is 5.92 Å². The second-order valence-electron chi connectivity index (χ2n) is 9.52. The van der Waals surface area contributed by atoms with Crippen molar-refractivity contribution in [1.82, 2.24) is 15.1 Å². The van der Waals surface area contributed by atoms with Crippen molar-refractivity contribution < 1.29 is 19.1 Å². The highest BCUT2D eigenvalue weighted by Crippen LogP contribution is 2.28. The molecule has 3 fully saturated rings. The lowest BCUT2D eigenvalue weighted by Gasteiger charge is -2.26. The highest BCUT2D eigenvalue weighted by Gasteiger charge is 2.35. The van der Waals surface area contributed by atoms with Crippen molar-refractivity contribution in [2.75, 3.05) is 43.1 Å². The van der Waals surface area contributed by atoms with Gasteiger partial charge in [-0.05, 0) is 30.5 Å². The monoisotopic (exact) mass is 499 g/mol. The fourth-order valence-electron chi connectivity index (χ4n) is 4.92. The van der Waals surface area contributed by atoms with Gasteiger partial charge in [-0.15, -0.1) is 10.2 Å². The van der Waals surface area contributed by atoms with Gasteiger partial charge in [0.15, 0.2) is 0 Å². The molecule has 10 heteroatoms. The van der Waals surface area contributed by atoms with Crippen LogP contribution in [0.15, 0.2) is 24.3 Å². The first-order chi connectivity index (χ1) is 17.1. The minimum Gasteiger partial charge on any atom is -0.379 e. The Morgan fingerprint density at radius 1 is 1.11 bits per heavy atom. The Labute approximate surface area is 209 Å². The standard InChI is InChI=1S/C25H33N5O4S/c31-23-14-19(16-30(23)20-8-6-18(7-9-20)15-29-10-12-33-13-11-29)24(32)26-25-28-27-22(35-25)17-34-21-4-2-1-3-5-21/h6-9,19,21H,1-5,10-17H2,(H,26,28,32). The third kappa shape index (κ3) is 6.43. The lowest BCUT2D eigenvalue weighted by atomic mass is 9.98. The van der Waals surface area contributed by atoms with Crippen LogP contribution >= 0.6 is 11.3 Å². The van der Waals surface area contributed by atoms with E-state index in [1.54, 1.807) is 4.90 Å². The first kappa shape index (κ1) is 24.3. The van der Waals surface area contributed by atoms with Crippen molar-refractivity contribution in [3.8, 4) is 0 Å². The van der Waals surface area contributed by atoms with E-state index in [1.807, 2.05) is 12.1 Å². The molecule has 5 rings (SSSR count). The van der Waals surface area contributed by atoms with E-state index in [4.69, 9.17) is 9.47 Å². The van der Waals surface area contributed by atoms with Crippen molar-refractivity contribution in [1.29, 1.82) is 0 Å². The van der Waals surface area contributed by atoms with E-state index in [9.17, 15) is 9.59 Å². The first-order valence-electron chi connectivity index (χ1n) is 12.6. The number of hydrogen-bond donors (Lipinski definition) is 1. The van der Waals surface area contributed by atoms with Crippen LogP contribution in [0.3, 0.4) is 0 Å². The fourth-order valence-corrected chi connectivity index (χ4v) is 5.59. The van der Waals surface area contributed by atoms with Gasteiger partial charge in [0.2, 0.25) is 16.9 Å². The van der Waals surface area contributed by atoms with E-state index in [0.717, 1.165) is 56.4 Å². The number of nitrogens with one attached hydrogen (secondary N) is 1. The van der Waals surface area contributed by atoms with Crippen LogP contribution in [0.2, 0.25) is 0 Å². The summed E-state index contributed by atoms with van der Waals surface area (Å²) in [5.41, 5.74) is 2.03. The summed E-state index contributed by atoms with van der Waals surface area (Å²) in [6, 6.07) is 8.06. The third-order valence-electron chi connectivity index (χ3n) is 6.95. The van der Waals surface area contributed by atoms with Gasteiger partial charge in [0.1, 0.15) is 11.6 Å². The molecule has 2 saturated heterocycles. The minimum absolute atomic E-state index is 0.0371. The van der Waals surface area contributed by atoms with Crippen LogP contribution in [-0.2, 0) is 32.2 Å². The lowest BCUT2D eigenvalue weighted by Crippen LogP contribution is -2.35. The number of hydrogen-bond acceptors (Lipinski definition) is 8. The molecule has 35 heavy (non-hydrogen) atoms. The third-order valence-corrected chi connectivity index (χ3v) is 7.76. The predicted molar refractivity (Wildman–Crippen MR) is 133 cm³/mol. The Morgan fingerprint density at radius 2 is 1.89 bits per heavy atom. The highest BCUT2D eigenvalue weighted by atomic mass is 32.1. The van der Waals surface area contributed by atoms with Gasteiger partial charge in [0.25, 0.3) is 0 Å². The number of benzene rings is 1. The molecule has 3 aliphatic rings. The fraction of sp³-hybridized carbons (Fsp3) is 0.600.